The molecule has 1 aromatic heterocycles. The van der Waals surface area contributed by atoms with E-state index in [0.29, 0.717) is 31.1 Å². The fourth-order valence-electron chi connectivity index (χ4n) is 2.71. The summed E-state index contributed by atoms with van der Waals surface area (Å²) in [4.78, 5) is 4.25. The quantitative estimate of drug-likeness (QED) is 0.829. The molecule has 2 aromatic rings. The predicted molar refractivity (Wildman–Crippen MR) is 93.3 cm³/mol. The Morgan fingerprint density at radius 2 is 2.04 bits per heavy atom. The number of nitrogens with one attached hydrogen (secondary N) is 1. The Bertz CT molecular complexity index is 781. The van der Waals surface area contributed by atoms with Gasteiger partial charge in [-0.05, 0) is 36.4 Å². The lowest BCUT2D eigenvalue weighted by atomic mass is 10.2. The van der Waals surface area contributed by atoms with Gasteiger partial charge in [0.1, 0.15) is 18.1 Å². The lowest BCUT2D eigenvalue weighted by Crippen LogP contribution is -2.55. The van der Waals surface area contributed by atoms with Crippen LogP contribution < -0.4 is 14.8 Å². The number of pyridine rings is 1. The summed E-state index contributed by atoms with van der Waals surface area (Å²) in [6, 6.07) is 9.71. The van der Waals surface area contributed by atoms with E-state index in [2.05, 4.69) is 10.3 Å². The summed E-state index contributed by atoms with van der Waals surface area (Å²) in [5.74, 6) is 1.24. The Balaban J connectivity index is 1.76. The van der Waals surface area contributed by atoms with Crippen LogP contribution in [0.3, 0.4) is 0 Å². The van der Waals surface area contributed by atoms with Crippen LogP contribution in [-0.4, -0.2) is 57.1 Å². The third-order valence-corrected chi connectivity index (χ3v) is 6.01. The third kappa shape index (κ3) is 4.09. The van der Waals surface area contributed by atoms with E-state index in [1.165, 1.54) is 4.31 Å². The maximum absolute atomic E-state index is 13.0. The molecule has 7 nitrogen and oxygen atoms in total. The molecule has 0 spiro atoms. The molecule has 2 heterocycles. The van der Waals surface area contributed by atoms with E-state index < -0.39 is 10.0 Å². The first kappa shape index (κ1) is 17.7. The molecule has 3 rings (SSSR count). The van der Waals surface area contributed by atoms with Crippen LogP contribution in [0.15, 0.2) is 53.7 Å². The predicted octanol–water partition coefficient (Wildman–Crippen LogP) is 1.13. The molecule has 25 heavy (non-hydrogen) atoms. The van der Waals surface area contributed by atoms with E-state index in [1.807, 2.05) is 0 Å². The molecule has 1 fully saturated rings. The van der Waals surface area contributed by atoms with Crippen molar-refractivity contribution in [3.05, 3.63) is 48.8 Å². The summed E-state index contributed by atoms with van der Waals surface area (Å²) >= 11 is 0. The number of aromatic nitrogens is 1. The van der Waals surface area contributed by atoms with Crippen molar-refractivity contribution in [2.45, 2.75) is 10.9 Å². The van der Waals surface area contributed by atoms with Crippen molar-refractivity contribution in [3.8, 4) is 11.5 Å². The van der Waals surface area contributed by atoms with E-state index >= 15 is 0 Å². The number of methoxy groups -OCH3 is 1. The Morgan fingerprint density at radius 1 is 1.24 bits per heavy atom. The van der Waals surface area contributed by atoms with Crippen LogP contribution in [0.2, 0.25) is 0 Å². The standard InChI is InChI=1S/C17H21N3O4S/c1-23-15-4-6-17(7-5-15)25(21,22)20-10-9-19-11-14(20)13-24-16-3-2-8-18-12-16/h2-8,12,14,19H,9-11,13H2,1H3. The number of rotatable bonds is 6. The molecule has 134 valence electrons. The van der Waals surface area contributed by atoms with Gasteiger partial charge in [0.2, 0.25) is 10.0 Å². The van der Waals surface area contributed by atoms with Gasteiger partial charge in [0.15, 0.2) is 0 Å². The maximum atomic E-state index is 13.0. The summed E-state index contributed by atoms with van der Waals surface area (Å²) in [5.41, 5.74) is 0. The Kier molecular flexibility index (Phi) is 5.52. The van der Waals surface area contributed by atoms with Gasteiger partial charge in [-0.15, -0.1) is 0 Å². The molecule has 0 radical (unpaired) electrons. The van der Waals surface area contributed by atoms with Gasteiger partial charge in [-0.1, -0.05) is 0 Å². The summed E-state index contributed by atoms with van der Waals surface area (Å²) in [7, 11) is -2.05. The largest absolute Gasteiger partial charge is 0.497 e. The van der Waals surface area contributed by atoms with Gasteiger partial charge >= 0.3 is 0 Å². The molecular weight excluding hydrogens is 342 g/mol. The molecule has 1 saturated heterocycles. The van der Waals surface area contributed by atoms with E-state index in [0.717, 1.165) is 0 Å². The second-order valence-corrected chi connectivity index (χ2v) is 7.54. The van der Waals surface area contributed by atoms with Gasteiger partial charge < -0.3 is 14.8 Å². The Morgan fingerprint density at radius 3 is 2.72 bits per heavy atom. The molecule has 1 unspecified atom stereocenters. The average molecular weight is 363 g/mol. The average Bonchev–Trinajstić information content (AvgIpc) is 2.67. The van der Waals surface area contributed by atoms with E-state index in [9.17, 15) is 8.42 Å². The van der Waals surface area contributed by atoms with Crippen molar-refractivity contribution < 1.29 is 17.9 Å². The Labute approximate surface area is 147 Å². The van der Waals surface area contributed by atoms with Crippen LogP contribution >= 0.6 is 0 Å². The maximum Gasteiger partial charge on any atom is 0.243 e. The first-order chi connectivity index (χ1) is 12.1. The second-order valence-electron chi connectivity index (χ2n) is 5.65. The van der Waals surface area contributed by atoms with Crippen LogP contribution in [0, 0.1) is 0 Å². The fourth-order valence-corrected chi connectivity index (χ4v) is 4.32. The zero-order valence-electron chi connectivity index (χ0n) is 14.0. The van der Waals surface area contributed by atoms with Crippen LogP contribution in [0.25, 0.3) is 0 Å². The number of ether oxygens (including phenoxy) is 2. The topological polar surface area (TPSA) is 80.8 Å². The molecule has 8 heteroatoms. The van der Waals surface area contributed by atoms with E-state index in [1.54, 1.807) is 55.9 Å². The van der Waals surface area contributed by atoms with Crippen molar-refractivity contribution >= 4 is 10.0 Å². The Hall–Kier alpha value is -2.16. The van der Waals surface area contributed by atoms with Crippen LogP contribution in [0.1, 0.15) is 0 Å². The second kappa shape index (κ2) is 7.81. The molecule has 1 aliphatic heterocycles. The highest BCUT2D eigenvalue weighted by Gasteiger charge is 2.34. The fraction of sp³-hybridized carbons (Fsp3) is 0.353. The molecule has 0 bridgehead atoms. The third-order valence-electron chi connectivity index (χ3n) is 4.04. The minimum Gasteiger partial charge on any atom is -0.497 e. The monoisotopic (exact) mass is 363 g/mol. The highest BCUT2D eigenvalue weighted by Crippen LogP contribution is 2.22. The normalized spacial score (nSPS) is 18.7. The van der Waals surface area contributed by atoms with E-state index in [-0.39, 0.29) is 17.5 Å². The molecule has 1 atom stereocenters. The van der Waals surface area contributed by atoms with Crippen LogP contribution in [0.4, 0.5) is 0 Å². The minimum absolute atomic E-state index is 0.251. The molecule has 1 N–H and O–H groups in total. The van der Waals surface area contributed by atoms with Gasteiger partial charge in [-0.3, -0.25) is 4.98 Å². The zero-order valence-corrected chi connectivity index (χ0v) is 14.8. The summed E-state index contributed by atoms with van der Waals surface area (Å²) < 4.78 is 38.3. The number of hydrogen-bond donors (Lipinski definition) is 1. The molecule has 1 aliphatic rings. The van der Waals surface area contributed by atoms with Crippen LogP contribution in [-0.2, 0) is 10.0 Å². The number of hydrogen-bond acceptors (Lipinski definition) is 6. The summed E-state index contributed by atoms with van der Waals surface area (Å²) in [6.07, 6.45) is 3.27. The first-order valence-electron chi connectivity index (χ1n) is 8.01. The van der Waals surface area contributed by atoms with Crippen molar-refractivity contribution in [2.75, 3.05) is 33.4 Å². The van der Waals surface area contributed by atoms with Crippen molar-refractivity contribution in [1.29, 1.82) is 0 Å². The number of nitrogens with zero attached hydrogens (tertiary/aromatic N) is 2. The zero-order chi connectivity index (χ0) is 17.7. The van der Waals surface area contributed by atoms with Gasteiger partial charge in [0.05, 0.1) is 24.2 Å². The van der Waals surface area contributed by atoms with Crippen molar-refractivity contribution in [1.82, 2.24) is 14.6 Å². The van der Waals surface area contributed by atoms with Gasteiger partial charge in [0, 0.05) is 25.8 Å². The lowest BCUT2D eigenvalue weighted by Gasteiger charge is -2.34. The molecule has 0 saturated carbocycles. The molecule has 0 aliphatic carbocycles. The van der Waals surface area contributed by atoms with Crippen molar-refractivity contribution in [2.24, 2.45) is 0 Å². The number of sulfonamides is 1. The highest BCUT2D eigenvalue weighted by molar-refractivity contribution is 7.89. The lowest BCUT2D eigenvalue weighted by molar-refractivity contribution is 0.179. The van der Waals surface area contributed by atoms with Gasteiger partial charge in [-0.25, -0.2) is 8.42 Å². The molecule has 1 aromatic carbocycles. The van der Waals surface area contributed by atoms with Gasteiger partial charge in [0.25, 0.3) is 0 Å². The summed E-state index contributed by atoms with van der Waals surface area (Å²) in [5, 5.41) is 3.22. The molecular formula is C17H21N3O4S. The molecule has 0 amide bonds. The number of benzene rings is 1. The van der Waals surface area contributed by atoms with Gasteiger partial charge in [-0.2, -0.15) is 4.31 Å². The summed E-state index contributed by atoms with van der Waals surface area (Å²) in [6.45, 7) is 1.80. The SMILES string of the molecule is COc1ccc(S(=O)(=O)N2CCNCC2COc2cccnc2)cc1. The minimum atomic E-state index is -3.60. The number of piperazine rings is 1. The highest BCUT2D eigenvalue weighted by atomic mass is 32.2. The first-order valence-corrected chi connectivity index (χ1v) is 9.45. The van der Waals surface area contributed by atoms with Crippen molar-refractivity contribution in [3.63, 3.8) is 0 Å². The smallest absolute Gasteiger partial charge is 0.243 e. The van der Waals surface area contributed by atoms with Crippen LogP contribution in [0.5, 0.6) is 11.5 Å². The van der Waals surface area contributed by atoms with E-state index in [4.69, 9.17) is 9.47 Å².